The van der Waals surface area contributed by atoms with Crippen molar-refractivity contribution in [3.63, 3.8) is 0 Å². The molecule has 1 aromatic rings. The van der Waals surface area contributed by atoms with Crippen molar-refractivity contribution in [2.45, 2.75) is 90.6 Å². The van der Waals surface area contributed by atoms with Crippen LogP contribution in [0.4, 0.5) is 10.1 Å². The highest BCUT2D eigenvalue weighted by Gasteiger charge is 2.65. The summed E-state index contributed by atoms with van der Waals surface area (Å²) in [6, 6.07) is 9.08. The number of alkyl halides is 1. The van der Waals surface area contributed by atoms with Crippen LogP contribution >= 0.6 is 0 Å². The number of carbonyl (C=O) groups excluding carboxylic acids is 1. The number of allylic oxidation sites excluding steroid dienone is 4. The smallest absolute Gasteiger partial charge is 0.151 e. The van der Waals surface area contributed by atoms with E-state index < -0.39 is 11.6 Å². The molecule has 1 aliphatic heterocycles. The highest BCUT2D eigenvalue weighted by atomic mass is 19.1. The molecule has 2 saturated carbocycles. The number of rotatable bonds is 4. The zero-order valence-corrected chi connectivity index (χ0v) is 23.6. The van der Waals surface area contributed by atoms with Crippen LogP contribution in [-0.2, 0) is 4.79 Å². The Labute approximate surface area is 232 Å². The molecule has 6 rings (SSSR count). The number of ketones is 1. The number of benzene rings is 1. The number of carbonyl (C=O) groups is 1. The molecule has 6 atom stereocenters. The van der Waals surface area contributed by atoms with Gasteiger partial charge < -0.3 is 10.1 Å². The fourth-order valence-electron chi connectivity index (χ4n) is 9.19. The summed E-state index contributed by atoms with van der Waals surface area (Å²) in [6.07, 6.45) is 7.96. The van der Waals surface area contributed by atoms with Crippen LogP contribution in [0.3, 0.4) is 0 Å². The lowest BCUT2D eigenvalue weighted by Crippen LogP contribution is -2.51. The minimum absolute atomic E-state index is 0.0898. The maximum Gasteiger partial charge on any atom is 0.151 e. The Morgan fingerprint density at radius 1 is 1.21 bits per heavy atom. The number of nitrogens with zero attached hydrogens (tertiary/aromatic N) is 2. The third-order valence-electron chi connectivity index (χ3n) is 11.0. The Kier molecular flexibility index (Phi) is 6.72. The van der Waals surface area contributed by atoms with Gasteiger partial charge in [0.15, 0.2) is 5.78 Å². The van der Waals surface area contributed by atoms with Gasteiger partial charge in [-0.15, -0.1) is 5.92 Å². The summed E-state index contributed by atoms with van der Waals surface area (Å²) in [5, 5.41) is 12.9. The first-order valence-electron chi connectivity index (χ1n) is 15.0. The Morgan fingerprint density at radius 2 is 1.95 bits per heavy atom. The van der Waals surface area contributed by atoms with Gasteiger partial charge in [0.25, 0.3) is 0 Å². The van der Waals surface area contributed by atoms with Gasteiger partial charge in [-0.3, -0.25) is 4.79 Å². The van der Waals surface area contributed by atoms with Gasteiger partial charge in [-0.05, 0) is 110 Å². The summed E-state index contributed by atoms with van der Waals surface area (Å²) in [7, 11) is 0. The second-order valence-corrected chi connectivity index (χ2v) is 12.6. The van der Waals surface area contributed by atoms with Crippen LogP contribution in [-0.4, -0.2) is 36.0 Å². The van der Waals surface area contributed by atoms with Gasteiger partial charge in [-0.2, -0.15) is 0 Å². The Morgan fingerprint density at radius 3 is 2.62 bits per heavy atom. The minimum atomic E-state index is -1.08. The molecule has 5 heteroatoms. The number of hydrogen-bond donors (Lipinski definition) is 1. The topological polar surface area (TPSA) is 52.9 Å². The molecule has 1 unspecified atom stereocenters. The average molecular weight is 529 g/mol. The molecule has 4 nitrogen and oxygen atoms in total. The predicted octanol–water partition coefficient (Wildman–Crippen LogP) is 7.38. The van der Waals surface area contributed by atoms with Gasteiger partial charge in [0.2, 0.25) is 0 Å². The average Bonchev–Trinajstić information content (AvgIpc) is 3.60. The summed E-state index contributed by atoms with van der Waals surface area (Å²) in [4.78, 5) is 16.2. The molecule has 1 saturated heterocycles. The minimum Gasteiger partial charge on any atom is -0.411 e. The molecule has 4 aliphatic carbocycles. The molecule has 1 heterocycles. The SMILES string of the molecule is CC#C[C@]1(C(=O)CC)CC[C@H]2[C@@H]3CC(F)C4=CC(=NO)CCC4=C3[C@@H](c3ccc(N4CCCC4)cc3)C[C@@]21C. The van der Waals surface area contributed by atoms with E-state index >= 15 is 4.39 Å². The molecule has 1 aromatic carbocycles. The molecule has 5 aliphatic rings. The lowest BCUT2D eigenvalue weighted by molar-refractivity contribution is -0.132. The van der Waals surface area contributed by atoms with Crippen molar-refractivity contribution < 1.29 is 14.4 Å². The largest absolute Gasteiger partial charge is 0.411 e. The first-order chi connectivity index (χ1) is 18.9. The zero-order chi connectivity index (χ0) is 27.4. The van der Waals surface area contributed by atoms with E-state index in [1.54, 1.807) is 6.08 Å². The van der Waals surface area contributed by atoms with Crippen LogP contribution in [0.15, 0.2) is 52.2 Å². The highest BCUT2D eigenvalue weighted by molar-refractivity contribution is 5.97. The van der Waals surface area contributed by atoms with E-state index in [9.17, 15) is 10.0 Å². The molecule has 39 heavy (non-hydrogen) atoms. The van der Waals surface area contributed by atoms with E-state index in [2.05, 4.69) is 53.1 Å². The van der Waals surface area contributed by atoms with Crippen LogP contribution in [0, 0.1) is 34.5 Å². The van der Waals surface area contributed by atoms with Gasteiger partial charge in [0, 0.05) is 31.1 Å². The van der Waals surface area contributed by atoms with Crippen LogP contribution in [0.5, 0.6) is 0 Å². The second kappa shape index (κ2) is 9.95. The second-order valence-electron chi connectivity index (χ2n) is 12.6. The van der Waals surface area contributed by atoms with Crippen molar-refractivity contribution in [2.75, 3.05) is 18.0 Å². The van der Waals surface area contributed by atoms with E-state index in [-0.39, 0.29) is 29.0 Å². The van der Waals surface area contributed by atoms with Crippen molar-refractivity contribution in [1.82, 2.24) is 0 Å². The summed E-state index contributed by atoms with van der Waals surface area (Å²) in [6.45, 7) is 8.33. The third-order valence-corrected chi connectivity index (χ3v) is 11.0. The monoisotopic (exact) mass is 528 g/mol. The van der Waals surface area contributed by atoms with E-state index in [0.717, 1.165) is 37.9 Å². The normalized spacial score (nSPS) is 36.6. The maximum atomic E-state index is 16.0. The lowest BCUT2D eigenvalue weighted by atomic mass is 9.48. The van der Waals surface area contributed by atoms with Gasteiger partial charge in [0.05, 0.1) is 11.1 Å². The number of Topliss-reactive ketones (excluding diaryl/α,β-unsaturated/α-hetero) is 1. The van der Waals surface area contributed by atoms with Crippen molar-refractivity contribution in [2.24, 2.45) is 27.8 Å². The Hall–Kier alpha value is -2.87. The molecule has 206 valence electrons. The summed E-state index contributed by atoms with van der Waals surface area (Å²) < 4.78 is 16.0. The molecular formula is C34H41FN2O2. The quantitative estimate of drug-likeness (QED) is 0.252. The first-order valence-corrected chi connectivity index (χ1v) is 15.0. The number of hydrogen-bond acceptors (Lipinski definition) is 4. The van der Waals surface area contributed by atoms with Crippen molar-refractivity contribution in [3.05, 3.63) is 52.6 Å². The van der Waals surface area contributed by atoms with Crippen LogP contribution in [0.25, 0.3) is 0 Å². The summed E-state index contributed by atoms with van der Waals surface area (Å²) >= 11 is 0. The van der Waals surface area contributed by atoms with Crippen LogP contribution in [0.1, 0.15) is 90.0 Å². The number of oxime groups is 1. The number of halogens is 1. The molecule has 0 amide bonds. The third kappa shape index (κ3) is 3.92. The number of anilines is 1. The van der Waals surface area contributed by atoms with Crippen LogP contribution < -0.4 is 4.90 Å². The standard InChI is InChI=1S/C34H41FN2O2/c1-4-15-34(31(38)5-2)16-14-29-27-20-30(35)26-19-23(36-39)10-13-25(26)32(27)28(21-33(29,34)3)22-8-11-24(12-9-22)37-17-6-7-18-37/h8-9,11-12,19,27-30,39H,5-7,10,13-14,16-18,20-21H2,1-3H3/t27-,28+,29-,30?,33-,34+/m0/s1. The molecule has 0 bridgehead atoms. The van der Waals surface area contributed by atoms with E-state index in [4.69, 9.17) is 0 Å². The van der Waals surface area contributed by atoms with Crippen molar-refractivity contribution in [1.29, 1.82) is 0 Å². The molecule has 3 fully saturated rings. The fraction of sp³-hybridized carbons (Fsp3) is 0.588. The summed E-state index contributed by atoms with van der Waals surface area (Å²) in [5.74, 6) is 7.29. The first kappa shape index (κ1) is 26.4. The van der Waals surface area contributed by atoms with Gasteiger partial charge in [0.1, 0.15) is 6.17 Å². The molecule has 0 spiro atoms. The highest BCUT2D eigenvalue weighted by Crippen LogP contribution is 2.70. The zero-order valence-electron chi connectivity index (χ0n) is 23.6. The van der Waals surface area contributed by atoms with Gasteiger partial charge in [-0.1, -0.05) is 42.6 Å². The van der Waals surface area contributed by atoms with E-state index in [0.29, 0.717) is 37.0 Å². The Balaban J connectivity index is 1.51. The molecule has 0 radical (unpaired) electrons. The summed E-state index contributed by atoms with van der Waals surface area (Å²) in [5.41, 5.74) is 5.35. The molecule has 0 aromatic heterocycles. The Bertz CT molecular complexity index is 1310. The van der Waals surface area contributed by atoms with Crippen molar-refractivity contribution >= 4 is 17.2 Å². The fourth-order valence-corrected chi connectivity index (χ4v) is 9.19. The van der Waals surface area contributed by atoms with E-state index in [1.807, 2.05) is 13.8 Å². The van der Waals surface area contributed by atoms with E-state index in [1.165, 1.54) is 29.7 Å². The van der Waals surface area contributed by atoms with Crippen molar-refractivity contribution in [3.8, 4) is 11.8 Å². The predicted molar refractivity (Wildman–Crippen MR) is 154 cm³/mol. The molecular weight excluding hydrogens is 487 g/mol. The van der Waals surface area contributed by atoms with Gasteiger partial charge >= 0.3 is 0 Å². The maximum absolute atomic E-state index is 16.0. The van der Waals surface area contributed by atoms with Crippen LogP contribution in [0.2, 0.25) is 0 Å². The van der Waals surface area contributed by atoms with Gasteiger partial charge in [-0.25, -0.2) is 4.39 Å². The molecule has 1 N–H and O–H groups in total. The number of fused-ring (bicyclic) bond motifs is 4. The lowest BCUT2D eigenvalue weighted by Gasteiger charge is -2.55.